The molecule has 19 heavy (non-hydrogen) atoms. The summed E-state index contributed by atoms with van der Waals surface area (Å²) in [5, 5.41) is 2.94. The molecule has 0 saturated carbocycles. The third-order valence-corrected chi connectivity index (χ3v) is 2.68. The highest BCUT2D eigenvalue weighted by Crippen LogP contribution is 2.15. The highest BCUT2D eigenvalue weighted by atomic mass is 16.3. The van der Waals surface area contributed by atoms with Gasteiger partial charge in [-0.3, -0.25) is 9.89 Å². The van der Waals surface area contributed by atoms with E-state index in [2.05, 4.69) is 15.1 Å². The topological polar surface area (TPSA) is 76.7 Å². The van der Waals surface area contributed by atoms with Gasteiger partial charge in [0.15, 0.2) is 5.76 Å². The third kappa shape index (κ3) is 2.08. The SMILES string of the molecule is Cc1cc(C)nc(-n2[nH]c(-c3ccco3)cc2=O)n1. The summed E-state index contributed by atoms with van der Waals surface area (Å²) in [4.78, 5) is 20.5. The number of aromatic amines is 1. The van der Waals surface area contributed by atoms with Crippen molar-refractivity contribution < 1.29 is 4.42 Å². The molecule has 0 aliphatic rings. The van der Waals surface area contributed by atoms with Crippen LogP contribution in [0.2, 0.25) is 0 Å². The number of hydrogen-bond acceptors (Lipinski definition) is 4. The predicted molar refractivity (Wildman–Crippen MR) is 69.2 cm³/mol. The molecule has 0 unspecified atom stereocenters. The molecule has 3 aromatic rings. The van der Waals surface area contributed by atoms with Gasteiger partial charge in [-0.05, 0) is 32.0 Å². The maximum Gasteiger partial charge on any atom is 0.274 e. The van der Waals surface area contributed by atoms with E-state index in [1.54, 1.807) is 18.4 Å². The molecule has 0 aromatic carbocycles. The Balaban J connectivity index is 2.13. The third-order valence-electron chi connectivity index (χ3n) is 2.68. The van der Waals surface area contributed by atoms with Gasteiger partial charge in [0.2, 0.25) is 0 Å². The molecule has 0 amide bonds. The molecule has 3 aromatic heterocycles. The van der Waals surface area contributed by atoms with E-state index >= 15 is 0 Å². The minimum atomic E-state index is -0.226. The van der Waals surface area contributed by atoms with Crippen LogP contribution in [-0.2, 0) is 0 Å². The van der Waals surface area contributed by atoms with Crippen LogP contribution in [0.15, 0.2) is 39.7 Å². The first-order valence-electron chi connectivity index (χ1n) is 5.82. The summed E-state index contributed by atoms with van der Waals surface area (Å²) in [5.41, 5.74) is 1.99. The van der Waals surface area contributed by atoms with Gasteiger partial charge in [-0.1, -0.05) is 0 Å². The fourth-order valence-electron chi connectivity index (χ4n) is 1.91. The summed E-state index contributed by atoms with van der Waals surface area (Å²) in [6.07, 6.45) is 1.55. The van der Waals surface area contributed by atoms with Crippen LogP contribution in [0.25, 0.3) is 17.4 Å². The molecule has 6 heteroatoms. The Bertz CT molecular complexity index is 748. The number of hydrogen-bond donors (Lipinski definition) is 1. The minimum Gasteiger partial charge on any atom is -0.463 e. The number of H-pyrrole nitrogens is 1. The molecule has 0 spiro atoms. The molecule has 96 valence electrons. The van der Waals surface area contributed by atoms with Crippen molar-refractivity contribution in [2.24, 2.45) is 0 Å². The smallest absolute Gasteiger partial charge is 0.274 e. The standard InChI is InChI=1S/C13H12N4O2/c1-8-6-9(2)15-13(14-8)17-12(18)7-10(16-17)11-4-3-5-19-11/h3-7,16H,1-2H3. The van der Waals surface area contributed by atoms with Crippen LogP contribution in [0.5, 0.6) is 0 Å². The zero-order chi connectivity index (χ0) is 13.4. The van der Waals surface area contributed by atoms with Crippen molar-refractivity contribution in [1.82, 2.24) is 19.7 Å². The second-order valence-corrected chi connectivity index (χ2v) is 4.27. The molecule has 3 heterocycles. The van der Waals surface area contributed by atoms with Crippen LogP contribution >= 0.6 is 0 Å². The quantitative estimate of drug-likeness (QED) is 0.758. The highest BCUT2D eigenvalue weighted by molar-refractivity contribution is 5.51. The van der Waals surface area contributed by atoms with E-state index in [-0.39, 0.29) is 5.56 Å². The van der Waals surface area contributed by atoms with E-state index < -0.39 is 0 Å². The largest absolute Gasteiger partial charge is 0.463 e. The van der Waals surface area contributed by atoms with Crippen molar-refractivity contribution in [1.29, 1.82) is 0 Å². The van der Waals surface area contributed by atoms with Crippen molar-refractivity contribution >= 4 is 0 Å². The van der Waals surface area contributed by atoms with Crippen LogP contribution in [0.1, 0.15) is 11.4 Å². The summed E-state index contributed by atoms with van der Waals surface area (Å²) >= 11 is 0. The molecule has 0 aliphatic carbocycles. The first-order chi connectivity index (χ1) is 9.13. The van der Waals surface area contributed by atoms with Crippen LogP contribution in [0.4, 0.5) is 0 Å². The monoisotopic (exact) mass is 256 g/mol. The van der Waals surface area contributed by atoms with Crippen molar-refractivity contribution in [2.75, 3.05) is 0 Å². The number of rotatable bonds is 2. The summed E-state index contributed by atoms with van der Waals surface area (Å²) < 4.78 is 6.55. The second kappa shape index (κ2) is 4.24. The normalized spacial score (nSPS) is 10.8. The van der Waals surface area contributed by atoms with Gasteiger partial charge in [-0.25, -0.2) is 9.97 Å². The lowest BCUT2D eigenvalue weighted by atomic mass is 10.3. The van der Waals surface area contributed by atoms with Crippen molar-refractivity contribution in [3.63, 3.8) is 0 Å². The molecular formula is C13H12N4O2. The highest BCUT2D eigenvalue weighted by Gasteiger charge is 2.11. The first kappa shape index (κ1) is 11.5. The lowest BCUT2D eigenvalue weighted by Crippen LogP contribution is -2.17. The van der Waals surface area contributed by atoms with Crippen molar-refractivity contribution in [3.8, 4) is 17.4 Å². The zero-order valence-electron chi connectivity index (χ0n) is 10.5. The fraction of sp³-hybridized carbons (Fsp3) is 0.154. The first-order valence-corrected chi connectivity index (χ1v) is 5.82. The van der Waals surface area contributed by atoms with Crippen LogP contribution in [-0.4, -0.2) is 19.7 Å². The van der Waals surface area contributed by atoms with Crippen molar-refractivity contribution in [3.05, 3.63) is 52.3 Å². The second-order valence-electron chi connectivity index (χ2n) is 4.27. The summed E-state index contributed by atoms with van der Waals surface area (Å²) in [7, 11) is 0. The molecule has 0 aliphatic heterocycles. The number of nitrogens with one attached hydrogen (secondary N) is 1. The summed E-state index contributed by atoms with van der Waals surface area (Å²) in [6.45, 7) is 3.72. The molecule has 0 atom stereocenters. The molecule has 1 N–H and O–H groups in total. The Morgan fingerprint density at radius 2 is 1.95 bits per heavy atom. The van der Waals surface area contributed by atoms with Gasteiger partial charge < -0.3 is 4.42 Å². The van der Waals surface area contributed by atoms with Gasteiger partial charge in [0.25, 0.3) is 11.5 Å². The zero-order valence-corrected chi connectivity index (χ0v) is 10.5. The molecule has 0 fully saturated rings. The minimum absolute atomic E-state index is 0.226. The van der Waals surface area contributed by atoms with Gasteiger partial charge >= 0.3 is 0 Å². The number of aryl methyl sites for hydroxylation is 2. The van der Waals surface area contributed by atoms with Crippen LogP contribution in [0.3, 0.4) is 0 Å². The van der Waals surface area contributed by atoms with E-state index in [1.165, 1.54) is 10.7 Å². The van der Waals surface area contributed by atoms with Gasteiger partial charge in [0.1, 0.15) is 5.69 Å². The van der Waals surface area contributed by atoms with Gasteiger partial charge in [-0.15, -0.1) is 0 Å². The Morgan fingerprint density at radius 1 is 1.21 bits per heavy atom. The van der Waals surface area contributed by atoms with E-state index in [1.807, 2.05) is 19.9 Å². The lowest BCUT2D eigenvalue weighted by Gasteiger charge is -2.02. The molecule has 0 radical (unpaired) electrons. The van der Waals surface area contributed by atoms with E-state index in [0.717, 1.165) is 11.4 Å². The van der Waals surface area contributed by atoms with E-state index in [0.29, 0.717) is 17.4 Å². The molecule has 0 bridgehead atoms. The Kier molecular flexibility index (Phi) is 2.56. The summed E-state index contributed by atoms with van der Waals surface area (Å²) in [5.74, 6) is 0.931. The number of nitrogens with zero attached hydrogens (tertiary/aromatic N) is 3. The van der Waals surface area contributed by atoms with E-state index in [9.17, 15) is 4.79 Å². The summed E-state index contributed by atoms with van der Waals surface area (Å²) in [6, 6.07) is 6.85. The maximum absolute atomic E-state index is 12.0. The lowest BCUT2D eigenvalue weighted by molar-refractivity contribution is 0.578. The van der Waals surface area contributed by atoms with Crippen LogP contribution in [0, 0.1) is 13.8 Å². The molecular weight excluding hydrogens is 244 g/mol. The predicted octanol–water partition coefficient (Wildman–Crippen LogP) is 1.83. The van der Waals surface area contributed by atoms with E-state index in [4.69, 9.17) is 4.42 Å². The van der Waals surface area contributed by atoms with Crippen LogP contribution < -0.4 is 5.56 Å². The average molecular weight is 256 g/mol. The Labute approximate surface area is 108 Å². The average Bonchev–Trinajstić information content (AvgIpc) is 2.95. The Hall–Kier alpha value is -2.63. The van der Waals surface area contributed by atoms with Crippen molar-refractivity contribution in [2.45, 2.75) is 13.8 Å². The number of furan rings is 1. The number of aromatic nitrogens is 4. The fourth-order valence-corrected chi connectivity index (χ4v) is 1.91. The van der Waals surface area contributed by atoms with Gasteiger partial charge in [-0.2, -0.15) is 4.68 Å². The molecule has 0 saturated heterocycles. The van der Waals surface area contributed by atoms with Gasteiger partial charge in [0, 0.05) is 17.5 Å². The molecule has 3 rings (SSSR count). The maximum atomic E-state index is 12.0. The Morgan fingerprint density at radius 3 is 2.58 bits per heavy atom. The molecule has 6 nitrogen and oxygen atoms in total. The van der Waals surface area contributed by atoms with Gasteiger partial charge in [0.05, 0.1) is 6.26 Å².